The predicted octanol–water partition coefficient (Wildman–Crippen LogP) is 4.94. The summed E-state index contributed by atoms with van der Waals surface area (Å²) < 4.78 is 23.2. The maximum Gasteiger partial charge on any atom is 0.213 e. The summed E-state index contributed by atoms with van der Waals surface area (Å²) in [5.74, 6) is 0.144. The Morgan fingerprint density at radius 3 is 2.64 bits per heavy atom. The molecule has 3 aliphatic rings. The van der Waals surface area contributed by atoms with Crippen LogP contribution in [0, 0.1) is 5.82 Å². The van der Waals surface area contributed by atoms with Crippen molar-refractivity contribution in [2.24, 2.45) is 0 Å². The molecule has 9 nitrogen and oxygen atoms in total. The van der Waals surface area contributed by atoms with Crippen LogP contribution in [-0.4, -0.2) is 70.0 Å². The van der Waals surface area contributed by atoms with Gasteiger partial charge in [0.25, 0.3) is 0 Å². The zero-order valence-electron chi connectivity index (χ0n) is 25.5. The Bertz CT molecular complexity index is 1700. The average molecular weight is 635 g/mol. The molecule has 1 N–H and O–H groups in total. The topological polar surface area (TPSA) is 87.0 Å². The number of ether oxygens (including phenoxy) is 1. The highest BCUT2D eigenvalue weighted by Crippen LogP contribution is 2.39. The Morgan fingerprint density at radius 1 is 1.04 bits per heavy atom. The molecule has 1 aliphatic carbocycles. The van der Waals surface area contributed by atoms with E-state index < -0.39 is 11.9 Å². The number of rotatable bonds is 9. The number of β-amino-alcohol motifs (C(OH)–C–C–N with tert-alkyl or cyclic N) is 1. The lowest BCUT2D eigenvalue weighted by molar-refractivity contribution is 0.158. The highest BCUT2D eigenvalue weighted by molar-refractivity contribution is 5.85. The first kappa shape index (κ1) is 31.3. The smallest absolute Gasteiger partial charge is 0.213 e. The minimum Gasteiger partial charge on any atom is -0.481 e. The van der Waals surface area contributed by atoms with Gasteiger partial charge in [-0.1, -0.05) is 0 Å². The van der Waals surface area contributed by atoms with Crippen LogP contribution in [0.4, 0.5) is 15.8 Å². The molecular formula is C34H40ClFN6O3. The van der Waals surface area contributed by atoms with Gasteiger partial charge in [-0.25, -0.2) is 9.37 Å². The predicted molar refractivity (Wildman–Crippen MR) is 176 cm³/mol. The normalized spacial score (nSPS) is 20.1. The zero-order valence-corrected chi connectivity index (χ0v) is 26.3. The lowest BCUT2D eigenvalue weighted by atomic mass is 10.0. The van der Waals surface area contributed by atoms with Crippen LogP contribution in [0.25, 0.3) is 10.9 Å². The number of hydrogen-bond donors (Lipinski definition) is 1. The number of aliphatic hydroxyl groups excluding tert-OH is 1. The molecule has 3 fully saturated rings. The van der Waals surface area contributed by atoms with Crippen molar-refractivity contribution < 1.29 is 14.2 Å². The van der Waals surface area contributed by atoms with E-state index in [1.54, 1.807) is 19.5 Å². The number of aliphatic hydroxyl groups is 1. The van der Waals surface area contributed by atoms with E-state index in [2.05, 4.69) is 30.4 Å². The van der Waals surface area contributed by atoms with Crippen molar-refractivity contribution in [1.82, 2.24) is 19.4 Å². The van der Waals surface area contributed by atoms with Crippen molar-refractivity contribution in [2.75, 3.05) is 43.1 Å². The number of nitrogens with zero attached hydrogens (tertiary/aromatic N) is 6. The number of aromatic nitrogens is 3. The van der Waals surface area contributed by atoms with E-state index in [-0.39, 0.29) is 23.9 Å². The van der Waals surface area contributed by atoms with E-state index >= 15 is 4.39 Å². The molecule has 4 aromatic rings. The molecule has 2 atom stereocenters. The number of piperidine rings is 1. The molecule has 0 bridgehead atoms. The van der Waals surface area contributed by atoms with E-state index in [0.29, 0.717) is 61.2 Å². The van der Waals surface area contributed by atoms with Crippen molar-refractivity contribution >= 4 is 34.7 Å². The molecule has 1 saturated carbocycles. The number of methoxy groups -OCH3 is 1. The molecule has 0 unspecified atom stereocenters. The standard InChI is InChI=1S/C34H39FN6O3.ClH/c1-44-33-14-23(8-11-37-33)18-40(27-5-3-12-38(21-27)26-4-2-10-36-17-26)19-24-20-41(25-6-7-25)31-16-32(39-13-9-28(42)22-39)30(35)15-29(31)34(24)43;/h2,4,8,10-11,14-17,20,25,27-28,42H,3,5-7,9,12-13,18-19,21-22H2,1H3;1H/t27-,28+;/m0./s1. The minimum atomic E-state index is -0.460. The second kappa shape index (κ2) is 13.3. The molecule has 2 saturated heterocycles. The van der Waals surface area contributed by atoms with Crippen LogP contribution >= 0.6 is 12.4 Å². The van der Waals surface area contributed by atoms with Crippen molar-refractivity contribution in [3.05, 3.63) is 88.4 Å². The van der Waals surface area contributed by atoms with Crippen LogP contribution in [0.1, 0.15) is 49.3 Å². The molecule has 0 amide bonds. The summed E-state index contributed by atoms with van der Waals surface area (Å²) in [6.45, 7) is 3.84. The molecule has 0 spiro atoms. The lowest BCUT2D eigenvalue weighted by Crippen LogP contribution is -2.48. The Labute approximate surface area is 268 Å². The third-order valence-electron chi connectivity index (χ3n) is 9.31. The molecule has 45 heavy (non-hydrogen) atoms. The summed E-state index contributed by atoms with van der Waals surface area (Å²) in [6.07, 6.45) is 11.7. The molecule has 238 valence electrons. The molecule has 2 aliphatic heterocycles. The van der Waals surface area contributed by atoms with Gasteiger partial charge in [0.05, 0.1) is 36.3 Å². The molecular weight excluding hydrogens is 595 g/mol. The number of hydrogen-bond acceptors (Lipinski definition) is 8. The molecule has 1 aromatic carbocycles. The largest absolute Gasteiger partial charge is 0.481 e. The van der Waals surface area contributed by atoms with Gasteiger partial charge in [0.2, 0.25) is 5.88 Å². The second-order valence-electron chi connectivity index (χ2n) is 12.4. The van der Waals surface area contributed by atoms with E-state index in [0.717, 1.165) is 55.5 Å². The van der Waals surface area contributed by atoms with Gasteiger partial charge in [0.1, 0.15) is 5.82 Å². The number of anilines is 2. The Hall–Kier alpha value is -3.73. The lowest BCUT2D eigenvalue weighted by Gasteiger charge is -2.40. The van der Waals surface area contributed by atoms with Crippen LogP contribution in [0.3, 0.4) is 0 Å². The van der Waals surface area contributed by atoms with E-state index in [4.69, 9.17) is 4.74 Å². The van der Waals surface area contributed by atoms with Crippen molar-refractivity contribution in [3.8, 4) is 5.88 Å². The Balaban J connectivity index is 0.00000357. The highest BCUT2D eigenvalue weighted by atomic mass is 35.5. The first-order valence-electron chi connectivity index (χ1n) is 15.6. The van der Waals surface area contributed by atoms with Gasteiger partial charge in [-0.2, -0.15) is 0 Å². The SMILES string of the molecule is COc1cc(CN(Cc2cn(C3CC3)c3cc(N4CC[C@@H](O)C4)c(F)cc3c2=O)[C@H]2CCCN(c3cccnc3)C2)ccn1.Cl. The third-order valence-corrected chi connectivity index (χ3v) is 9.31. The summed E-state index contributed by atoms with van der Waals surface area (Å²) in [6, 6.07) is 11.7. The van der Waals surface area contributed by atoms with Crippen LogP contribution in [0.15, 0.2) is 66.0 Å². The van der Waals surface area contributed by atoms with Gasteiger partial charge >= 0.3 is 0 Å². The number of pyridine rings is 3. The van der Waals surface area contributed by atoms with Crippen LogP contribution < -0.4 is 20.0 Å². The van der Waals surface area contributed by atoms with Crippen molar-refractivity contribution in [3.63, 3.8) is 0 Å². The molecule has 5 heterocycles. The summed E-state index contributed by atoms with van der Waals surface area (Å²) in [4.78, 5) is 29.4. The molecule has 3 aromatic heterocycles. The van der Waals surface area contributed by atoms with Gasteiger partial charge in [-0.05, 0) is 68.0 Å². The minimum absolute atomic E-state index is 0. The third kappa shape index (κ3) is 6.64. The molecule has 11 heteroatoms. The van der Waals surface area contributed by atoms with E-state index in [9.17, 15) is 9.90 Å². The zero-order chi connectivity index (χ0) is 30.2. The fourth-order valence-corrected chi connectivity index (χ4v) is 6.84. The number of fused-ring (bicyclic) bond motifs is 1. The van der Waals surface area contributed by atoms with Crippen molar-refractivity contribution in [2.45, 2.75) is 63.4 Å². The fourth-order valence-electron chi connectivity index (χ4n) is 6.84. The Morgan fingerprint density at radius 2 is 1.91 bits per heavy atom. The van der Waals surface area contributed by atoms with Gasteiger partial charge in [-0.15, -0.1) is 12.4 Å². The van der Waals surface area contributed by atoms with Crippen LogP contribution in [0.5, 0.6) is 5.88 Å². The van der Waals surface area contributed by atoms with E-state index in [1.807, 2.05) is 41.6 Å². The van der Waals surface area contributed by atoms with E-state index in [1.165, 1.54) is 6.07 Å². The average Bonchev–Trinajstić information content (AvgIpc) is 3.81. The first-order chi connectivity index (χ1) is 21.5. The first-order valence-corrected chi connectivity index (χ1v) is 15.6. The second-order valence-corrected chi connectivity index (χ2v) is 12.4. The maximum atomic E-state index is 15.6. The summed E-state index contributed by atoms with van der Waals surface area (Å²) >= 11 is 0. The number of halogens is 2. The van der Waals surface area contributed by atoms with Gasteiger partial charge in [0, 0.05) is 87.0 Å². The highest BCUT2D eigenvalue weighted by Gasteiger charge is 2.31. The number of benzene rings is 1. The van der Waals surface area contributed by atoms with Gasteiger partial charge in [0.15, 0.2) is 5.43 Å². The van der Waals surface area contributed by atoms with Crippen molar-refractivity contribution in [1.29, 1.82) is 0 Å². The fraction of sp³-hybridized carbons (Fsp3) is 0.441. The quantitative estimate of drug-likeness (QED) is 0.277. The van der Waals surface area contributed by atoms with Gasteiger partial charge in [-0.3, -0.25) is 14.7 Å². The van der Waals surface area contributed by atoms with Crippen LogP contribution in [-0.2, 0) is 13.1 Å². The molecule has 7 rings (SSSR count). The monoisotopic (exact) mass is 634 g/mol. The Kier molecular flexibility index (Phi) is 9.26. The van der Waals surface area contributed by atoms with Gasteiger partial charge < -0.3 is 24.2 Å². The summed E-state index contributed by atoms with van der Waals surface area (Å²) in [5.41, 5.74) is 3.93. The molecule has 0 radical (unpaired) electrons. The summed E-state index contributed by atoms with van der Waals surface area (Å²) in [5, 5.41) is 10.5. The summed E-state index contributed by atoms with van der Waals surface area (Å²) in [7, 11) is 1.61. The van der Waals surface area contributed by atoms with Crippen LogP contribution in [0.2, 0.25) is 0 Å². The maximum absolute atomic E-state index is 15.6.